The zero-order valence-corrected chi connectivity index (χ0v) is 11.9. The van der Waals surface area contributed by atoms with Crippen LogP contribution in [0.1, 0.15) is 17.3 Å². The number of ether oxygens (including phenoxy) is 1. The quantitative estimate of drug-likeness (QED) is 0.649. The van der Waals surface area contributed by atoms with Crippen molar-refractivity contribution < 1.29 is 9.53 Å². The third-order valence-corrected chi connectivity index (χ3v) is 3.46. The van der Waals surface area contributed by atoms with Crippen LogP contribution >= 0.6 is 0 Å². The number of hydrogen-bond donors (Lipinski definition) is 0. The first-order valence-electron chi connectivity index (χ1n) is 7.04. The number of fused-ring (bicyclic) bond motifs is 1. The number of carbonyl (C=O) groups is 1. The summed E-state index contributed by atoms with van der Waals surface area (Å²) in [6, 6.07) is 22.1. The smallest absolute Gasteiger partial charge is 0.338 e. The van der Waals surface area contributed by atoms with E-state index in [2.05, 4.69) is 30.3 Å². The molecule has 3 aromatic carbocycles. The first-order valence-corrected chi connectivity index (χ1v) is 7.04. The Hall–Kier alpha value is -2.61. The summed E-state index contributed by atoms with van der Waals surface area (Å²) in [7, 11) is 0. The molecule has 0 aliphatic rings. The second kappa shape index (κ2) is 5.80. The molecule has 3 rings (SSSR count). The van der Waals surface area contributed by atoms with Gasteiger partial charge in [0, 0.05) is 0 Å². The molecule has 104 valence electrons. The lowest BCUT2D eigenvalue weighted by atomic mass is 10.00. The van der Waals surface area contributed by atoms with Crippen LogP contribution in [0.5, 0.6) is 0 Å². The number of rotatable bonds is 3. The first kappa shape index (κ1) is 13.4. The lowest BCUT2D eigenvalue weighted by Gasteiger charge is -2.07. The average Bonchev–Trinajstić information content (AvgIpc) is 2.55. The highest BCUT2D eigenvalue weighted by Gasteiger charge is 2.08. The van der Waals surface area contributed by atoms with E-state index < -0.39 is 0 Å². The van der Waals surface area contributed by atoms with Crippen LogP contribution in [0.3, 0.4) is 0 Å². The largest absolute Gasteiger partial charge is 0.462 e. The summed E-state index contributed by atoms with van der Waals surface area (Å²) in [6.07, 6.45) is 0. The molecule has 0 saturated heterocycles. The Morgan fingerprint density at radius 2 is 1.62 bits per heavy atom. The molecule has 2 heteroatoms. The monoisotopic (exact) mass is 276 g/mol. The van der Waals surface area contributed by atoms with Crippen LogP contribution in [0.15, 0.2) is 66.7 Å². The third kappa shape index (κ3) is 2.79. The van der Waals surface area contributed by atoms with Crippen molar-refractivity contribution in [3.63, 3.8) is 0 Å². The molecule has 0 amide bonds. The van der Waals surface area contributed by atoms with Crippen LogP contribution in [0, 0.1) is 0 Å². The standard InChI is InChI=1S/C19H16O2/c1-2-21-19(20)18-9-5-8-16(13-18)17-11-10-14-6-3-4-7-15(14)12-17/h3-13H,2H2,1H3. The zero-order valence-electron chi connectivity index (χ0n) is 11.9. The first-order chi connectivity index (χ1) is 10.3. The molecule has 0 bridgehead atoms. The lowest BCUT2D eigenvalue weighted by molar-refractivity contribution is 0.0526. The number of carbonyl (C=O) groups excluding carboxylic acids is 1. The van der Waals surface area contributed by atoms with Crippen molar-refractivity contribution in [2.75, 3.05) is 6.61 Å². The van der Waals surface area contributed by atoms with E-state index >= 15 is 0 Å². The van der Waals surface area contributed by atoms with Gasteiger partial charge in [-0.1, -0.05) is 48.5 Å². The highest BCUT2D eigenvalue weighted by molar-refractivity contribution is 5.92. The molecule has 3 aromatic rings. The Morgan fingerprint density at radius 3 is 2.43 bits per heavy atom. The molecule has 0 aromatic heterocycles. The van der Waals surface area contributed by atoms with Gasteiger partial charge in [-0.3, -0.25) is 0 Å². The molecule has 0 radical (unpaired) electrons. The number of benzene rings is 3. The Balaban J connectivity index is 2.02. The van der Waals surface area contributed by atoms with Gasteiger partial charge in [0.2, 0.25) is 0 Å². The molecule has 0 atom stereocenters. The molecular formula is C19H16O2. The minimum absolute atomic E-state index is 0.278. The van der Waals surface area contributed by atoms with E-state index in [9.17, 15) is 4.79 Å². The minimum Gasteiger partial charge on any atom is -0.462 e. The summed E-state index contributed by atoms with van der Waals surface area (Å²) in [6.45, 7) is 2.20. The Bertz CT molecular complexity index is 790. The maximum Gasteiger partial charge on any atom is 0.338 e. The Morgan fingerprint density at radius 1 is 0.857 bits per heavy atom. The number of esters is 1. The minimum atomic E-state index is -0.278. The van der Waals surface area contributed by atoms with E-state index in [1.165, 1.54) is 10.8 Å². The second-order valence-electron chi connectivity index (χ2n) is 4.86. The van der Waals surface area contributed by atoms with Crippen molar-refractivity contribution in [3.8, 4) is 11.1 Å². The van der Waals surface area contributed by atoms with Crippen LogP contribution in [-0.2, 0) is 4.74 Å². The van der Waals surface area contributed by atoms with Crippen LogP contribution in [0.2, 0.25) is 0 Å². The average molecular weight is 276 g/mol. The molecule has 0 saturated carbocycles. The number of hydrogen-bond acceptors (Lipinski definition) is 2. The topological polar surface area (TPSA) is 26.3 Å². The highest BCUT2D eigenvalue weighted by atomic mass is 16.5. The van der Waals surface area contributed by atoms with Crippen molar-refractivity contribution in [2.24, 2.45) is 0 Å². The van der Waals surface area contributed by atoms with Crippen LogP contribution in [0.25, 0.3) is 21.9 Å². The highest BCUT2D eigenvalue weighted by Crippen LogP contribution is 2.25. The Kier molecular flexibility index (Phi) is 3.69. The lowest BCUT2D eigenvalue weighted by Crippen LogP contribution is -2.04. The summed E-state index contributed by atoms with van der Waals surface area (Å²) in [4.78, 5) is 11.8. The molecule has 21 heavy (non-hydrogen) atoms. The van der Waals surface area contributed by atoms with Crippen LogP contribution in [0.4, 0.5) is 0 Å². The van der Waals surface area contributed by atoms with E-state index in [4.69, 9.17) is 4.74 Å². The summed E-state index contributed by atoms with van der Waals surface area (Å²) in [5.74, 6) is -0.278. The zero-order chi connectivity index (χ0) is 14.7. The van der Waals surface area contributed by atoms with Crippen molar-refractivity contribution in [2.45, 2.75) is 6.92 Å². The summed E-state index contributed by atoms with van der Waals surface area (Å²) in [5, 5.41) is 2.40. The van der Waals surface area contributed by atoms with Gasteiger partial charge < -0.3 is 4.74 Å². The summed E-state index contributed by atoms with van der Waals surface area (Å²) in [5.41, 5.74) is 2.70. The second-order valence-corrected chi connectivity index (χ2v) is 4.86. The van der Waals surface area contributed by atoms with Crippen molar-refractivity contribution in [1.29, 1.82) is 0 Å². The fourth-order valence-electron chi connectivity index (χ4n) is 2.41. The van der Waals surface area contributed by atoms with Gasteiger partial charge in [0.1, 0.15) is 0 Å². The van der Waals surface area contributed by atoms with E-state index in [0.717, 1.165) is 11.1 Å². The normalized spacial score (nSPS) is 10.5. The van der Waals surface area contributed by atoms with Gasteiger partial charge in [-0.25, -0.2) is 4.79 Å². The molecular weight excluding hydrogens is 260 g/mol. The van der Waals surface area contributed by atoms with E-state index in [1.807, 2.05) is 37.3 Å². The van der Waals surface area contributed by atoms with Gasteiger partial charge in [-0.15, -0.1) is 0 Å². The molecule has 0 fully saturated rings. The molecule has 0 spiro atoms. The van der Waals surface area contributed by atoms with Gasteiger partial charge in [0.15, 0.2) is 0 Å². The van der Waals surface area contributed by atoms with Crippen LogP contribution < -0.4 is 0 Å². The van der Waals surface area contributed by atoms with Crippen molar-refractivity contribution in [3.05, 3.63) is 72.3 Å². The van der Waals surface area contributed by atoms with Gasteiger partial charge in [0.05, 0.1) is 12.2 Å². The fourth-order valence-corrected chi connectivity index (χ4v) is 2.41. The van der Waals surface area contributed by atoms with Crippen LogP contribution in [-0.4, -0.2) is 12.6 Å². The molecule has 0 heterocycles. The molecule has 0 aliphatic heterocycles. The molecule has 0 unspecified atom stereocenters. The summed E-state index contributed by atoms with van der Waals surface area (Å²) >= 11 is 0. The van der Waals surface area contributed by atoms with Crippen molar-refractivity contribution in [1.82, 2.24) is 0 Å². The van der Waals surface area contributed by atoms with Gasteiger partial charge in [0.25, 0.3) is 0 Å². The third-order valence-electron chi connectivity index (χ3n) is 3.46. The summed E-state index contributed by atoms with van der Waals surface area (Å²) < 4.78 is 5.05. The van der Waals surface area contributed by atoms with E-state index in [1.54, 1.807) is 6.07 Å². The van der Waals surface area contributed by atoms with Gasteiger partial charge in [-0.05, 0) is 47.0 Å². The predicted molar refractivity (Wildman–Crippen MR) is 85.3 cm³/mol. The van der Waals surface area contributed by atoms with Gasteiger partial charge >= 0.3 is 5.97 Å². The van der Waals surface area contributed by atoms with Gasteiger partial charge in [-0.2, -0.15) is 0 Å². The predicted octanol–water partition coefficient (Wildman–Crippen LogP) is 4.68. The fraction of sp³-hybridized carbons (Fsp3) is 0.105. The maximum absolute atomic E-state index is 11.8. The SMILES string of the molecule is CCOC(=O)c1cccc(-c2ccc3ccccc3c2)c1. The maximum atomic E-state index is 11.8. The van der Waals surface area contributed by atoms with E-state index in [-0.39, 0.29) is 5.97 Å². The molecule has 0 N–H and O–H groups in total. The molecule has 0 aliphatic carbocycles. The van der Waals surface area contributed by atoms with E-state index in [0.29, 0.717) is 12.2 Å². The molecule has 2 nitrogen and oxygen atoms in total. The Labute approximate surface area is 124 Å². The van der Waals surface area contributed by atoms with Crippen molar-refractivity contribution >= 4 is 16.7 Å².